The monoisotopic (exact) mass is 468 g/mol. The van der Waals surface area contributed by atoms with E-state index in [-0.39, 0.29) is 24.2 Å². The second-order valence-corrected chi connectivity index (χ2v) is 10.3. The lowest BCUT2D eigenvalue weighted by molar-refractivity contribution is -0.161. The van der Waals surface area contributed by atoms with E-state index in [0.29, 0.717) is 11.8 Å². The third-order valence-electron chi connectivity index (χ3n) is 7.21. The fourth-order valence-corrected chi connectivity index (χ4v) is 6.02. The van der Waals surface area contributed by atoms with Crippen LogP contribution in [0.4, 0.5) is 0 Å². The number of rotatable bonds is 4. The third kappa shape index (κ3) is 3.70. The molecule has 33 heavy (non-hydrogen) atoms. The van der Waals surface area contributed by atoms with Gasteiger partial charge in [-0.25, -0.2) is 9.97 Å². The smallest absolute Gasteiger partial charge is 0.163 e. The zero-order valence-corrected chi connectivity index (χ0v) is 20.0. The summed E-state index contributed by atoms with van der Waals surface area (Å²) in [4.78, 5) is 13.4. The Morgan fingerprint density at radius 3 is 2.88 bits per heavy atom. The van der Waals surface area contributed by atoms with Crippen LogP contribution in [0.5, 0.6) is 5.75 Å². The molecule has 2 aliphatic carbocycles. The van der Waals surface area contributed by atoms with Crippen molar-refractivity contribution in [2.75, 3.05) is 6.61 Å². The van der Waals surface area contributed by atoms with E-state index in [4.69, 9.17) is 30.8 Å². The van der Waals surface area contributed by atoms with Crippen LogP contribution in [0.15, 0.2) is 24.7 Å². The Labute approximate surface area is 198 Å². The van der Waals surface area contributed by atoms with Gasteiger partial charge in [0.2, 0.25) is 0 Å². The van der Waals surface area contributed by atoms with Gasteiger partial charge in [0, 0.05) is 35.1 Å². The van der Waals surface area contributed by atoms with E-state index in [1.54, 1.807) is 0 Å². The number of nitrogens with zero attached hydrogens (tertiary/aromatic N) is 4. The number of fused-ring (bicyclic) bond motifs is 3. The van der Waals surface area contributed by atoms with E-state index >= 15 is 0 Å². The molecule has 0 aromatic carbocycles. The van der Waals surface area contributed by atoms with Gasteiger partial charge in [-0.15, -0.1) is 0 Å². The highest BCUT2D eigenvalue weighted by Gasteiger charge is 2.55. The highest BCUT2D eigenvalue weighted by Crippen LogP contribution is 2.48. The van der Waals surface area contributed by atoms with Gasteiger partial charge in [-0.3, -0.25) is 4.98 Å². The predicted octanol–water partition coefficient (Wildman–Crippen LogP) is 4.83. The van der Waals surface area contributed by atoms with Gasteiger partial charge in [0.05, 0.1) is 24.1 Å². The first kappa shape index (κ1) is 21.3. The predicted molar refractivity (Wildman–Crippen MR) is 125 cm³/mol. The van der Waals surface area contributed by atoms with Gasteiger partial charge in [0.15, 0.2) is 5.79 Å². The van der Waals surface area contributed by atoms with Crippen LogP contribution in [0.25, 0.3) is 11.0 Å². The standard InChI is InChI=1S/C25H29ClN4O3/c1-14-10-20(16-6-4-5-7-18(16)29-14)31-12-15-11-19(22-21(15)32-25(2,3)33-22)30-9-8-17-23(26)27-13-28-24(17)30/h8-10,13,15,19,21-22H,4-7,11-12H2,1-3H3/t15-,19+,21+,22-/m0/s1. The molecule has 0 amide bonds. The van der Waals surface area contributed by atoms with Crippen LogP contribution in [-0.2, 0) is 22.3 Å². The van der Waals surface area contributed by atoms with Gasteiger partial charge in [-0.1, -0.05) is 11.6 Å². The molecule has 0 spiro atoms. The molecule has 4 atom stereocenters. The van der Waals surface area contributed by atoms with Crippen molar-refractivity contribution in [3.63, 3.8) is 0 Å². The molecule has 1 saturated heterocycles. The SMILES string of the molecule is Cc1cc(OC[C@@H]2C[C@@H](n3ccc4c(Cl)ncnc43)[C@@H]3OC(C)(C)O[C@H]23)c2c(n1)CCCC2. The van der Waals surface area contributed by atoms with Crippen molar-refractivity contribution in [2.45, 2.75) is 76.9 Å². The fourth-order valence-electron chi connectivity index (χ4n) is 5.83. The summed E-state index contributed by atoms with van der Waals surface area (Å²) < 4.78 is 21.4. The lowest BCUT2D eigenvalue weighted by Crippen LogP contribution is -2.29. The maximum absolute atomic E-state index is 6.49. The maximum Gasteiger partial charge on any atom is 0.163 e. The molecule has 1 aliphatic heterocycles. The van der Waals surface area contributed by atoms with E-state index in [1.165, 1.54) is 30.4 Å². The number of halogens is 1. The van der Waals surface area contributed by atoms with Crippen LogP contribution < -0.4 is 4.74 Å². The molecule has 0 radical (unpaired) electrons. The van der Waals surface area contributed by atoms with Crippen molar-refractivity contribution < 1.29 is 14.2 Å². The normalized spacial score (nSPS) is 28.1. The lowest BCUT2D eigenvalue weighted by Gasteiger charge is -2.25. The molecule has 6 rings (SSSR count). The summed E-state index contributed by atoms with van der Waals surface area (Å²) in [5.74, 6) is 0.555. The first-order valence-corrected chi connectivity index (χ1v) is 12.2. The van der Waals surface area contributed by atoms with Crippen LogP contribution in [0.2, 0.25) is 5.15 Å². The van der Waals surface area contributed by atoms with Crippen molar-refractivity contribution in [3.8, 4) is 5.75 Å². The van der Waals surface area contributed by atoms with Gasteiger partial charge < -0.3 is 18.8 Å². The maximum atomic E-state index is 6.49. The molecular weight excluding hydrogens is 440 g/mol. The molecule has 7 nitrogen and oxygen atoms in total. The Morgan fingerprint density at radius 2 is 2.00 bits per heavy atom. The molecule has 4 heterocycles. The van der Waals surface area contributed by atoms with Gasteiger partial charge in [-0.2, -0.15) is 0 Å². The third-order valence-corrected chi connectivity index (χ3v) is 7.51. The molecule has 8 heteroatoms. The van der Waals surface area contributed by atoms with Crippen molar-refractivity contribution >= 4 is 22.6 Å². The van der Waals surface area contributed by atoms with Crippen molar-refractivity contribution in [1.29, 1.82) is 0 Å². The second-order valence-electron chi connectivity index (χ2n) is 9.96. The number of hydrogen-bond donors (Lipinski definition) is 0. The summed E-state index contributed by atoms with van der Waals surface area (Å²) in [6.45, 7) is 6.59. The Morgan fingerprint density at radius 1 is 1.18 bits per heavy atom. The van der Waals surface area contributed by atoms with Crippen molar-refractivity contribution in [1.82, 2.24) is 19.5 Å². The average molecular weight is 469 g/mol. The van der Waals surface area contributed by atoms with Gasteiger partial charge in [0.1, 0.15) is 29.0 Å². The largest absolute Gasteiger partial charge is 0.493 e. The zero-order chi connectivity index (χ0) is 22.7. The molecular formula is C25H29ClN4O3. The summed E-state index contributed by atoms with van der Waals surface area (Å²) in [7, 11) is 0. The number of aryl methyl sites for hydroxylation is 2. The lowest BCUT2D eigenvalue weighted by atomic mass is 9.95. The summed E-state index contributed by atoms with van der Waals surface area (Å²) in [5.41, 5.74) is 4.33. The fraction of sp³-hybridized carbons (Fsp3) is 0.560. The Hall–Kier alpha value is -2.22. The molecule has 0 N–H and O–H groups in total. The van der Waals surface area contributed by atoms with Gasteiger partial charge in [0.25, 0.3) is 0 Å². The first-order valence-electron chi connectivity index (χ1n) is 11.8. The Balaban J connectivity index is 1.29. The second kappa shape index (κ2) is 7.93. The Bertz CT molecular complexity index is 1210. The van der Waals surface area contributed by atoms with E-state index in [1.807, 2.05) is 33.0 Å². The van der Waals surface area contributed by atoms with Crippen molar-refractivity contribution in [2.24, 2.45) is 5.92 Å². The average Bonchev–Trinajstić information content (AvgIpc) is 3.43. The molecule has 0 bridgehead atoms. The number of aromatic nitrogens is 4. The van der Waals surface area contributed by atoms with E-state index in [2.05, 4.69) is 20.6 Å². The molecule has 3 aliphatic rings. The minimum absolute atomic E-state index is 0.0430. The van der Waals surface area contributed by atoms with Crippen LogP contribution in [0.3, 0.4) is 0 Å². The molecule has 0 unspecified atom stereocenters. The quantitative estimate of drug-likeness (QED) is 0.511. The first-order chi connectivity index (χ1) is 15.9. The number of ether oxygens (including phenoxy) is 3. The highest BCUT2D eigenvalue weighted by atomic mass is 35.5. The minimum Gasteiger partial charge on any atom is -0.493 e. The number of pyridine rings is 1. The van der Waals surface area contributed by atoms with Crippen LogP contribution in [-0.4, -0.2) is 44.1 Å². The van der Waals surface area contributed by atoms with Gasteiger partial charge in [-0.05, 0) is 58.9 Å². The molecule has 3 aromatic heterocycles. The van der Waals surface area contributed by atoms with E-state index in [0.717, 1.165) is 41.7 Å². The van der Waals surface area contributed by atoms with E-state index in [9.17, 15) is 0 Å². The van der Waals surface area contributed by atoms with Crippen LogP contribution in [0.1, 0.15) is 56.1 Å². The topological polar surface area (TPSA) is 71.3 Å². The summed E-state index contributed by atoms with van der Waals surface area (Å²) in [6, 6.07) is 4.15. The minimum atomic E-state index is -0.631. The zero-order valence-electron chi connectivity index (χ0n) is 19.3. The summed E-state index contributed by atoms with van der Waals surface area (Å²) in [5, 5.41) is 1.32. The number of hydrogen-bond acceptors (Lipinski definition) is 6. The Kier molecular flexibility index (Phi) is 5.12. The molecule has 2 fully saturated rings. The van der Waals surface area contributed by atoms with Crippen LogP contribution >= 0.6 is 11.6 Å². The van der Waals surface area contributed by atoms with Gasteiger partial charge >= 0.3 is 0 Å². The molecule has 174 valence electrons. The van der Waals surface area contributed by atoms with Crippen LogP contribution in [0, 0.1) is 12.8 Å². The van der Waals surface area contributed by atoms with E-state index < -0.39 is 5.79 Å². The molecule has 3 aromatic rings. The molecule has 1 saturated carbocycles. The summed E-state index contributed by atoms with van der Waals surface area (Å²) >= 11 is 6.31. The summed E-state index contributed by atoms with van der Waals surface area (Å²) in [6.07, 6.45) is 8.79. The van der Waals surface area contributed by atoms with Crippen molar-refractivity contribution in [3.05, 3.63) is 46.8 Å². The highest BCUT2D eigenvalue weighted by molar-refractivity contribution is 6.33.